The summed E-state index contributed by atoms with van der Waals surface area (Å²) in [5.74, 6) is 0.452. The van der Waals surface area contributed by atoms with Crippen LogP contribution in [0.1, 0.15) is 37.0 Å². The van der Waals surface area contributed by atoms with Gasteiger partial charge in [0.15, 0.2) is 0 Å². The molecule has 2 saturated heterocycles. The molecule has 0 atom stereocenters. The Morgan fingerprint density at radius 2 is 1.75 bits per heavy atom. The van der Waals surface area contributed by atoms with E-state index in [0.717, 1.165) is 47.4 Å². The third-order valence-electron chi connectivity index (χ3n) is 4.81. The first-order valence-corrected chi connectivity index (χ1v) is 10.3. The number of hydrogen-bond donors (Lipinski definition) is 0. The molecule has 3 rings (SSSR count). The molecular weight excluding hydrogens is 388 g/mol. The number of hydrogen-bond acceptors (Lipinski definition) is 3. The second-order valence-corrected chi connectivity index (χ2v) is 8.96. The maximum absolute atomic E-state index is 12.5. The molecule has 130 valence electrons. The number of piperidine rings is 2. The van der Waals surface area contributed by atoms with Crippen LogP contribution < -0.4 is 0 Å². The van der Waals surface area contributed by atoms with E-state index >= 15 is 0 Å². The molecule has 1 aromatic heterocycles. The fourth-order valence-corrected chi connectivity index (χ4v) is 4.72. The van der Waals surface area contributed by atoms with Gasteiger partial charge in [0.1, 0.15) is 0 Å². The molecule has 2 amide bonds. The van der Waals surface area contributed by atoms with Gasteiger partial charge in [0.05, 0.1) is 3.79 Å². The zero-order valence-corrected chi connectivity index (χ0v) is 16.2. The van der Waals surface area contributed by atoms with Crippen molar-refractivity contribution in [2.24, 2.45) is 5.92 Å². The van der Waals surface area contributed by atoms with Crippen molar-refractivity contribution in [3.8, 4) is 0 Å². The smallest absolute Gasteiger partial charge is 0.246 e. The zero-order chi connectivity index (χ0) is 16.9. The summed E-state index contributed by atoms with van der Waals surface area (Å²) in [4.78, 5) is 29.8. The Morgan fingerprint density at radius 3 is 2.38 bits per heavy atom. The monoisotopic (exact) mass is 410 g/mol. The van der Waals surface area contributed by atoms with Crippen LogP contribution in [0, 0.1) is 5.92 Å². The van der Waals surface area contributed by atoms with Crippen LogP contribution in [0.5, 0.6) is 0 Å². The van der Waals surface area contributed by atoms with Gasteiger partial charge in [-0.3, -0.25) is 9.59 Å². The first-order valence-electron chi connectivity index (χ1n) is 8.64. The molecule has 0 bridgehead atoms. The molecule has 2 aliphatic heterocycles. The topological polar surface area (TPSA) is 40.6 Å². The fourth-order valence-electron chi connectivity index (χ4n) is 3.40. The van der Waals surface area contributed by atoms with Crippen LogP contribution in [0.25, 0.3) is 6.08 Å². The van der Waals surface area contributed by atoms with Gasteiger partial charge in [-0.2, -0.15) is 0 Å². The molecule has 0 N–H and O–H groups in total. The number of halogens is 1. The lowest BCUT2D eigenvalue weighted by Gasteiger charge is -2.35. The standard InChI is InChI=1S/C18H23BrN2O2S/c19-16-6-4-15(24-16)5-7-17(22)20-12-8-14(9-13-20)18(23)21-10-2-1-3-11-21/h4-7,14H,1-3,8-13H2. The van der Waals surface area contributed by atoms with Crippen LogP contribution in [0.4, 0.5) is 0 Å². The fraction of sp³-hybridized carbons (Fsp3) is 0.556. The third kappa shape index (κ3) is 4.48. The van der Waals surface area contributed by atoms with E-state index in [1.165, 1.54) is 6.42 Å². The lowest BCUT2D eigenvalue weighted by atomic mass is 9.94. The minimum Gasteiger partial charge on any atom is -0.342 e. The molecule has 0 radical (unpaired) electrons. The van der Waals surface area contributed by atoms with Crippen molar-refractivity contribution in [3.63, 3.8) is 0 Å². The maximum atomic E-state index is 12.5. The van der Waals surface area contributed by atoms with Crippen molar-refractivity contribution in [2.75, 3.05) is 26.2 Å². The molecule has 0 aromatic carbocycles. The van der Waals surface area contributed by atoms with E-state index in [4.69, 9.17) is 0 Å². The third-order valence-corrected chi connectivity index (χ3v) is 6.40. The number of likely N-dealkylation sites (tertiary alicyclic amines) is 2. The van der Waals surface area contributed by atoms with Gasteiger partial charge in [-0.05, 0) is 66.2 Å². The van der Waals surface area contributed by atoms with Crippen molar-refractivity contribution in [3.05, 3.63) is 26.9 Å². The van der Waals surface area contributed by atoms with Crippen molar-refractivity contribution in [1.82, 2.24) is 9.80 Å². The maximum Gasteiger partial charge on any atom is 0.246 e. The molecule has 3 heterocycles. The Balaban J connectivity index is 1.48. The van der Waals surface area contributed by atoms with Gasteiger partial charge in [0.25, 0.3) is 0 Å². The Bertz CT molecular complexity index is 614. The summed E-state index contributed by atoms with van der Waals surface area (Å²) >= 11 is 5.03. The molecule has 0 aliphatic carbocycles. The number of carbonyl (C=O) groups excluding carboxylic acids is 2. The van der Waals surface area contributed by atoms with E-state index in [-0.39, 0.29) is 11.8 Å². The summed E-state index contributed by atoms with van der Waals surface area (Å²) in [7, 11) is 0. The highest BCUT2D eigenvalue weighted by Crippen LogP contribution is 2.24. The first-order chi connectivity index (χ1) is 11.6. The average Bonchev–Trinajstić information content (AvgIpc) is 3.05. The summed E-state index contributed by atoms with van der Waals surface area (Å²) in [6, 6.07) is 3.97. The highest BCUT2D eigenvalue weighted by molar-refractivity contribution is 9.11. The lowest BCUT2D eigenvalue weighted by Crippen LogP contribution is -2.45. The van der Waals surface area contributed by atoms with Crippen molar-refractivity contribution < 1.29 is 9.59 Å². The summed E-state index contributed by atoms with van der Waals surface area (Å²) < 4.78 is 1.06. The van der Waals surface area contributed by atoms with Crippen LogP contribution in [0.2, 0.25) is 0 Å². The lowest BCUT2D eigenvalue weighted by molar-refractivity contribution is -0.140. The summed E-state index contributed by atoms with van der Waals surface area (Å²) in [6.45, 7) is 3.19. The number of amides is 2. The number of nitrogens with zero attached hydrogens (tertiary/aromatic N) is 2. The highest BCUT2D eigenvalue weighted by Gasteiger charge is 2.30. The molecule has 2 aliphatic rings. The molecule has 4 nitrogen and oxygen atoms in total. The van der Waals surface area contributed by atoms with Crippen LogP contribution in [-0.4, -0.2) is 47.8 Å². The molecule has 24 heavy (non-hydrogen) atoms. The van der Waals surface area contributed by atoms with Crippen LogP contribution in [-0.2, 0) is 9.59 Å². The Kier molecular flexibility index (Phi) is 6.11. The summed E-state index contributed by atoms with van der Waals surface area (Å²) in [5, 5.41) is 0. The van der Waals surface area contributed by atoms with Gasteiger partial charge in [-0.1, -0.05) is 0 Å². The van der Waals surface area contributed by atoms with Crippen molar-refractivity contribution in [2.45, 2.75) is 32.1 Å². The van der Waals surface area contributed by atoms with Gasteiger partial charge in [-0.25, -0.2) is 0 Å². The quantitative estimate of drug-likeness (QED) is 0.711. The number of carbonyl (C=O) groups is 2. The average molecular weight is 411 g/mol. The van der Waals surface area contributed by atoms with Crippen LogP contribution in [0.15, 0.2) is 22.0 Å². The van der Waals surface area contributed by atoms with E-state index in [9.17, 15) is 9.59 Å². The van der Waals surface area contributed by atoms with Crippen molar-refractivity contribution in [1.29, 1.82) is 0 Å². The first kappa shape index (κ1) is 17.7. The van der Waals surface area contributed by atoms with Gasteiger partial charge < -0.3 is 9.80 Å². The largest absolute Gasteiger partial charge is 0.342 e. The summed E-state index contributed by atoms with van der Waals surface area (Å²) in [6.07, 6.45) is 8.59. The molecule has 0 unspecified atom stereocenters. The normalized spacial score (nSPS) is 19.9. The SMILES string of the molecule is O=C(C=Cc1ccc(Br)s1)N1CCC(C(=O)N2CCCCC2)CC1. The highest BCUT2D eigenvalue weighted by atomic mass is 79.9. The Hall–Kier alpha value is -1.14. The summed E-state index contributed by atoms with van der Waals surface area (Å²) in [5.41, 5.74) is 0. The van der Waals surface area contributed by atoms with E-state index in [1.54, 1.807) is 17.4 Å². The van der Waals surface area contributed by atoms with E-state index in [1.807, 2.05) is 28.0 Å². The van der Waals surface area contributed by atoms with E-state index in [0.29, 0.717) is 19.0 Å². The predicted octanol–water partition coefficient (Wildman–Crippen LogP) is 3.77. The Labute approximate surface area is 155 Å². The molecule has 6 heteroatoms. The molecule has 2 fully saturated rings. The minimum atomic E-state index is 0.0448. The minimum absolute atomic E-state index is 0.0448. The second-order valence-electron chi connectivity index (χ2n) is 6.46. The molecule has 0 spiro atoms. The number of thiophene rings is 1. The molecule has 0 saturated carbocycles. The molecular formula is C18H23BrN2O2S. The van der Waals surface area contributed by atoms with E-state index in [2.05, 4.69) is 15.9 Å². The van der Waals surface area contributed by atoms with Gasteiger partial charge in [-0.15, -0.1) is 11.3 Å². The number of rotatable bonds is 3. The predicted molar refractivity (Wildman–Crippen MR) is 101 cm³/mol. The van der Waals surface area contributed by atoms with Crippen LogP contribution in [0.3, 0.4) is 0 Å². The zero-order valence-electron chi connectivity index (χ0n) is 13.7. The van der Waals surface area contributed by atoms with Gasteiger partial charge in [0, 0.05) is 43.1 Å². The van der Waals surface area contributed by atoms with E-state index < -0.39 is 0 Å². The molecule has 1 aromatic rings. The van der Waals surface area contributed by atoms with Gasteiger partial charge >= 0.3 is 0 Å². The van der Waals surface area contributed by atoms with Gasteiger partial charge in [0.2, 0.25) is 11.8 Å². The van der Waals surface area contributed by atoms with Crippen LogP contribution >= 0.6 is 27.3 Å². The second kappa shape index (κ2) is 8.30. The van der Waals surface area contributed by atoms with Crippen molar-refractivity contribution >= 4 is 45.2 Å². The Morgan fingerprint density at radius 1 is 1.04 bits per heavy atom.